The fraction of sp³-hybridized carbons (Fsp3) is 0.593. The van der Waals surface area contributed by atoms with Crippen molar-refractivity contribution in [2.45, 2.75) is 50.9 Å². The molecule has 2 aliphatic rings. The van der Waals surface area contributed by atoms with E-state index >= 15 is 4.39 Å². The van der Waals surface area contributed by atoms with Crippen molar-refractivity contribution in [1.29, 1.82) is 0 Å². The Bertz CT molecular complexity index is 1100. The first-order valence-corrected chi connectivity index (χ1v) is 13.2. The molecule has 2 N–H and O–H groups in total. The summed E-state index contributed by atoms with van der Waals surface area (Å²) in [4.78, 5) is 24.8. The van der Waals surface area contributed by atoms with Crippen LogP contribution >= 0.6 is 0 Å². The summed E-state index contributed by atoms with van der Waals surface area (Å²) in [5, 5.41) is 6.08. The van der Waals surface area contributed by atoms with Gasteiger partial charge < -0.3 is 25.2 Å². The van der Waals surface area contributed by atoms with Gasteiger partial charge in [0.1, 0.15) is 6.33 Å². The Morgan fingerprint density at radius 2 is 1.82 bits per heavy atom. The number of amides is 1. The van der Waals surface area contributed by atoms with Crippen molar-refractivity contribution in [1.82, 2.24) is 20.2 Å². The third kappa shape index (κ3) is 8.01. The summed E-state index contributed by atoms with van der Waals surface area (Å²) in [5.74, 6) is -0.524. The molecule has 4 rings (SSSR count). The summed E-state index contributed by atoms with van der Waals surface area (Å²) in [7, 11) is 3.88. The number of nitrogens with one attached hydrogen (secondary N) is 2. The van der Waals surface area contributed by atoms with E-state index in [1.807, 2.05) is 19.0 Å². The van der Waals surface area contributed by atoms with E-state index in [-0.39, 0.29) is 30.1 Å². The fourth-order valence-corrected chi connectivity index (χ4v) is 4.76. The van der Waals surface area contributed by atoms with Crippen LogP contribution in [0.5, 0.6) is 0 Å². The van der Waals surface area contributed by atoms with Gasteiger partial charge in [0.2, 0.25) is 11.7 Å². The Kier molecular flexibility index (Phi) is 9.27. The molecular weight excluding hydrogens is 516 g/mol. The molecule has 1 amide bonds. The van der Waals surface area contributed by atoms with Crippen LogP contribution in [0.25, 0.3) is 0 Å². The lowest BCUT2D eigenvalue weighted by atomic mass is 9.77. The first kappa shape index (κ1) is 29.0. The lowest BCUT2D eigenvalue weighted by molar-refractivity contribution is -0.137. The van der Waals surface area contributed by atoms with Gasteiger partial charge in [0.05, 0.1) is 5.56 Å². The molecule has 1 aliphatic carbocycles. The largest absolute Gasteiger partial charge is 0.416 e. The molecule has 1 aromatic carbocycles. The molecule has 2 aromatic rings. The topological polar surface area (TPSA) is 82.6 Å². The van der Waals surface area contributed by atoms with Crippen LogP contribution in [0.1, 0.15) is 43.2 Å². The average Bonchev–Trinajstić information content (AvgIpc) is 3.72. The number of alkyl halides is 3. The van der Waals surface area contributed by atoms with Gasteiger partial charge in [-0.3, -0.25) is 4.79 Å². The second kappa shape index (κ2) is 12.5. The van der Waals surface area contributed by atoms with Crippen molar-refractivity contribution >= 4 is 17.5 Å². The molecule has 0 spiro atoms. The molecule has 1 aliphatic heterocycles. The van der Waals surface area contributed by atoms with Crippen LogP contribution in [0.2, 0.25) is 0 Å². The third-order valence-electron chi connectivity index (χ3n) is 7.27. The molecule has 1 saturated carbocycles. The number of halogens is 4. The standard InChI is InChI=1S/C27H36F4N6O2/c1-36(2)12-11-32-22(38)15-26(9-13-39-14-10-26)17-33-24-23(28)25(35-18-34-24)37(21-7-8-21)16-19-3-5-20(6-4-19)27(29,30)31/h3-6,18,21H,7-17H2,1-2H3,(H,32,38)(H,33,34,35). The third-order valence-corrected chi connectivity index (χ3v) is 7.27. The maximum absolute atomic E-state index is 15.7. The number of nitrogens with zero attached hydrogens (tertiary/aromatic N) is 4. The zero-order valence-corrected chi connectivity index (χ0v) is 22.4. The minimum atomic E-state index is -4.41. The van der Waals surface area contributed by atoms with Gasteiger partial charge in [0.15, 0.2) is 11.6 Å². The van der Waals surface area contributed by atoms with Gasteiger partial charge in [-0.2, -0.15) is 17.6 Å². The van der Waals surface area contributed by atoms with E-state index in [1.165, 1.54) is 18.5 Å². The maximum atomic E-state index is 15.7. The molecule has 1 saturated heterocycles. The van der Waals surface area contributed by atoms with Gasteiger partial charge in [-0.1, -0.05) is 12.1 Å². The van der Waals surface area contributed by atoms with Crippen LogP contribution in [0.4, 0.5) is 29.2 Å². The minimum Gasteiger partial charge on any atom is -0.381 e. The van der Waals surface area contributed by atoms with Gasteiger partial charge in [0.25, 0.3) is 0 Å². The molecule has 12 heteroatoms. The Hall–Kier alpha value is -2.99. The Morgan fingerprint density at radius 1 is 1.13 bits per heavy atom. The highest BCUT2D eigenvalue weighted by Crippen LogP contribution is 2.37. The average molecular weight is 553 g/mol. The first-order valence-electron chi connectivity index (χ1n) is 13.2. The predicted octanol–water partition coefficient (Wildman–Crippen LogP) is 4.08. The first-order chi connectivity index (χ1) is 18.6. The normalized spacial score (nSPS) is 17.2. The van der Waals surface area contributed by atoms with Gasteiger partial charge in [-0.15, -0.1) is 0 Å². The Labute approximate surface area is 226 Å². The number of hydrogen-bond donors (Lipinski definition) is 2. The number of likely N-dealkylation sites (N-methyl/N-ethyl adjacent to an activating group) is 1. The quantitative estimate of drug-likeness (QED) is 0.384. The smallest absolute Gasteiger partial charge is 0.381 e. The SMILES string of the molecule is CN(C)CCNC(=O)CC1(CNc2ncnc(N(Cc3ccc(C(F)(F)F)cc3)C3CC3)c2F)CCOCC1. The monoisotopic (exact) mass is 552 g/mol. The Balaban J connectivity index is 1.45. The van der Waals surface area contributed by atoms with E-state index in [0.29, 0.717) is 51.1 Å². The summed E-state index contributed by atoms with van der Waals surface area (Å²) < 4.78 is 60.1. The molecule has 1 aromatic heterocycles. The molecule has 0 radical (unpaired) electrons. The number of carbonyl (C=O) groups is 1. The number of aromatic nitrogens is 2. The van der Waals surface area contributed by atoms with Crippen LogP contribution in [0, 0.1) is 11.2 Å². The van der Waals surface area contributed by atoms with Crippen molar-refractivity contribution in [2.24, 2.45) is 5.41 Å². The van der Waals surface area contributed by atoms with Crippen molar-refractivity contribution in [3.05, 3.63) is 47.5 Å². The minimum absolute atomic E-state index is 0.0388. The highest BCUT2D eigenvalue weighted by Gasteiger charge is 2.37. The van der Waals surface area contributed by atoms with Gasteiger partial charge in [-0.05, 0) is 57.5 Å². The molecule has 8 nitrogen and oxygen atoms in total. The highest BCUT2D eigenvalue weighted by atomic mass is 19.4. The number of anilines is 2. The second-order valence-corrected chi connectivity index (χ2v) is 10.7. The van der Waals surface area contributed by atoms with E-state index in [4.69, 9.17) is 4.74 Å². The molecule has 0 atom stereocenters. The highest BCUT2D eigenvalue weighted by molar-refractivity contribution is 5.76. The molecule has 0 unspecified atom stereocenters. The fourth-order valence-electron chi connectivity index (χ4n) is 4.76. The van der Waals surface area contributed by atoms with Crippen LogP contribution in [0.15, 0.2) is 30.6 Å². The lowest BCUT2D eigenvalue weighted by Gasteiger charge is -2.37. The lowest BCUT2D eigenvalue weighted by Crippen LogP contribution is -2.42. The number of benzene rings is 1. The van der Waals surface area contributed by atoms with E-state index in [9.17, 15) is 18.0 Å². The predicted molar refractivity (Wildman–Crippen MR) is 140 cm³/mol. The summed E-state index contributed by atoms with van der Waals surface area (Å²) in [6.07, 6.45) is 0.165. The Morgan fingerprint density at radius 3 is 2.44 bits per heavy atom. The molecule has 214 valence electrons. The number of ether oxygens (including phenoxy) is 1. The van der Waals surface area contributed by atoms with Gasteiger partial charge in [-0.25, -0.2) is 9.97 Å². The summed E-state index contributed by atoms with van der Waals surface area (Å²) in [6.45, 7) is 2.89. The zero-order chi connectivity index (χ0) is 28.0. The number of hydrogen-bond acceptors (Lipinski definition) is 7. The van der Waals surface area contributed by atoms with Crippen molar-refractivity contribution in [3.63, 3.8) is 0 Å². The molecule has 2 heterocycles. The summed E-state index contributed by atoms with van der Waals surface area (Å²) in [5.41, 5.74) is -0.504. The van der Waals surface area contributed by atoms with E-state index in [1.54, 1.807) is 4.90 Å². The molecule has 2 fully saturated rings. The number of rotatable bonds is 12. The van der Waals surface area contributed by atoms with Crippen molar-refractivity contribution in [3.8, 4) is 0 Å². The molecular formula is C27H36F4N6O2. The van der Waals surface area contributed by atoms with Gasteiger partial charge >= 0.3 is 6.18 Å². The molecule has 39 heavy (non-hydrogen) atoms. The van der Waals surface area contributed by atoms with Crippen LogP contribution in [0.3, 0.4) is 0 Å². The number of carbonyl (C=O) groups excluding carboxylic acids is 1. The van der Waals surface area contributed by atoms with E-state index in [0.717, 1.165) is 31.5 Å². The molecule has 0 bridgehead atoms. The van der Waals surface area contributed by atoms with Crippen molar-refractivity contribution < 1.29 is 27.1 Å². The summed E-state index contributed by atoms with van der Waals surface area (Å²) >= 11 is 0. The van der Waals surface area contributed by atoms with Crippen molar-refractivity contribution in [2.75, 3.05) is 57.2 Å². The van der Waals surface area contributed by atoms with Crippen LogP contribution in [-0.2, 0) is 22.3 Å². The van der Waals surface area contributed by atoms with Crippen LogP contribution < -0.4 is 15.5 Å². The van der Waals surface area contributed by atoms with E-state index in [2.05, 4.69) is 20.6 Å². The zero-order valence-electron chi connectivity index (χ0n) is 22.4. The second-order valence-electron chi connectivity index (χ2n) is 10.7. The van der Waals surface area contributed by atoms with Crippen LogP contribution in [-0.4, -0.2) is 73.8 Å². The maximum Gasteiger partial charge on any atom is 0.416 e. The van der Waals surface area contributed by atoms with E-state index < -0.39 is 23.0 Å². The van der Waals surface area contributed by atoms with Gasteiger partial charge in [0, 0.05) is 57.3 Å². The summed E-state index contributed by atoms with van der Waals surface area (Å²) in [6, 6.07) is 4.95.